The van der Waals surface area contributed by atoms with Crippen molar-refractivity contribution >= 4 is 11.6 Å². The lowest BCUT2D eigenvalue weighted by Gasteiger charge is -2.16. The summed E-state index contributed by atoms with van der Waals surface area (Å²) in [6.45, 7) is 1.45. The van der Waals surface area contributed by atoms with Crippen LogP contribution in [0.2, 0.25) is 0 Å². The first-order valence-corrected chi connectivity index (χ1v) is 6.56. The highest BCUT2D eigenvalue weighted by molar-refractivity contribution is 5.95. The monoisotopic (exact) mass is 263 g/mol. The number of anilines is 1. The summed E-state index contributed by atoms with van der Waals surface area (Å²) in [4.78, 5) is 13.8. The number of hydrogen-bond donors (Lipinski definition) is 2. The predicted molar refractivity (Wildman–Crippen MR) is 75.4 cm³/mol. The summed E-state index contributed by atoms with van der Waals surface area (Å²) in [5, 5.41) is 2.58. The smallest absolute Gasteiger partial charge is 0.251 e. The van der Waals surface area contributed by atoms with Crippen LogP contribution in [0.4, 0.5) is 5.69 Å². The number of benzene rings is 1. The first-order chi connectivity index (χ1) is 9.11. The van der Waals surface area contributed by atoms with E-state index < -0.39 is 0 Å². The van der Waals surface area contributed by atoms with Crippen molar-refractivity contribution in [2.75, 3.05) is 33.0 Å². The quantitative estimate of drug-likeness (QED) is 0.754. The standard InChI is InChI=1S/C14H21N3O2/c1-16-14(18)10-3-6-12(15)13(9-10)19-8-7-17(2)11-4-5-11/h3,6,9,11H,4-5,7-8,15H2,1-2H3,(H,16,18). The molecule has 0 unspecified atom stereocenters. The Bertz CT molecular complexity index is 458. The molecule has 1 aromatic rings. The van der Waals surface area contributed by atoms with Crippen LogP contribution in [0.15, 0.2) is 18.2 Å². The Balaban J connectivity index is 1.92. The average Bonchev–Trinajstić information content (AvgIpc) is 3.24. The van der Waals surface area contributed by atoms with Gasteiger partial charge in [0.15, 0.2) is 0 Å². The fourth-order valence-electron chi connectivity index (χ4n) is 1.94. The van der Waals surface area contributed by atoms with Crippen LogP contribution in [0.5, 0.6) is 5.75 Å². The molecule has 5 nitrogen and oxygen atoms in total. The van der Waals surface area contributed by atoms with Gasteiger partial charge in [0, 0.05) is 25.2 Å². The molecule has 1 aliphatic rings. The Kier molecular flexibility index (Phi) is 4.27. The number of nitrogen functional groups attached to an aromatic ring is 1. The summed E-state index contributed by atoms with van der Waals surface area (Å²) in [7, 11) is 3.70. The maximum absolute atomic E-state index is 11.5. The average molecular weight is 263 g/mol. The van der Waals surface area contributed by atoms with Crippen molar-refractivity contribution in [2.24, 2.45) is 0 Å². The molecule has 104 valence electrons. The number of likely N-dealkylation sites (N-methyl/N-ethyl adjacent to an activating group) is 1. The van der Waals surface area contributed by atoms with Crippen LogP contribution in [0.3, 0.4) is 0 Å². The van der Waals surface area contributed by atoms with E-state index in [0.717, 1.165) is 12.6 Å². The molecule has 0 aromatic heterocycles. The number of nitrogens with two attached hydrogens (primary N) is 1. The molecule has 3 N–H and O–H groups in total. The second-order valence-electron chi connectivity index (χ2n) is 4.89. The molecule has 1 aromatic carbocycles. The Morgan fingerprint density at radius 2 is 2.26 bits per heavy atom. The van der Waals surface area contributed by atoms with E-state index in [1.165, 1.54) is 12.8 Å². The summed E-state index contributed by atoms with van der Waals surface area (Å²) in [5.74, 6) is 0.435. The third kappa shape index (κ3) is 3.61. The van der Waals surface area contributed by atoms with E-state index in [2.05, 4.69) is 17.3 Å². The van der Waals surface area contributed by atoms with Crippen LogP contribution in [0.25, 0.3) is 0 Å². The summed E-state index contributed by atoms with van der Waals surface area (Å²) in [5.41, 5.74) is 6.96. The maximum Gasteiger partial charge on any atom is 0.251 e. The van der Waals surface area contributed by atoms with Crippen LogP contribution in [0.1, 0.15) is 23.2 Å². The van der Waals surface area contributed by atoms with E-state index in [4.69, 9.17) is 10.5 Å². The Labute approximate surface area is 113 Å². The van der Waals surface area contributed by atoms with E-state index in [-0.39, 0.29) is 5.91 Å². The normalized spacial score (nSPS) is 14.5. The Hall–Kier alpha value is -1.75. The molecule has 0 radical (unpaired) electrons. The molecule has 0 spiro atoms. The third-order valence-corrected chi connectivity index (χ3v) is 3.37. The van der Waals surface area contributed by atoms with Crippen LogP contribution < -0.4 is 15.8 Å². The van der Waals surface area contributed by atoms with Crippen molar-refractivity contribution in [2.45, 2.75) is 18.9 Å². The summed E-state index contributed by atoms with van der Waals surface area (Å²) in [6.07, 6.45) is 2.57. The fraction of sp³-hybridized carbons (Fsp3) is 0.500. The largest absolute Gasteiger partial charge is 0.490 e. The summed E-state index contributed by atoms with van der Waals surface area (Å²) >= 11 is 0. The van der Waals surface area contributed by atoms with Crippen molar-refractivity contribution in [3.63, 3.8) is 0 Å². The number of rotatable bonds is 6. The first-order valence-electron chi connectivity index (χ1n) is 6.56. The highest BCUT2D eigenvalue weighted by Gasteiger charge is 2.25. The first kappa shape index (κ1) is 13.7. The molecule has 0 bridgehead atoms. The predicted octanol–water partition coefficient (Wildman–Crippen LogP) is 1.10. The zero-order chi connectivity index (χ0) is 13.8. The molecule has 0 saturated heterocycles. The van der Waals surface area contributed by atoms with Crippen LogP contribution >= 0.6 is 0 Å². The minimum atomic E-state index is -0.139. The lowest BCUT2D eigenvalue weighted by Crippen LogP contribution is -2.26. The van der Waals surface area contributed by atoms with Gasteiger partial charge in [0.05, 0.1) is 5.69 Å². The molecule has 0 heterocycles. The molecule has 0 atom stereocenters. The SMILES string of the molecule is CNC(=O)c1ccc(N)c(OCCN(C)C2CC2)c1. The van der Waals surface area contributed by atoms with Gasteiger partial charge in [0.2, 0.25) is 0 Å². The molecule has 1 fully saturated rings. The fourth-order valence-corrected chi connectivity index (χ4v) is 1.94. The van der Waals surface area contributed by atoms with Gasteiger partial charge in [-0.15, -0.1) is 0 Å². The van der Waals surface area contributed by atoms with E-state index in [1.807, 2.05) is 0 Å². The van der Waals surface area contributed by atoms with Gasteiger partial charge in [0.1, 0.15) is 12.4 Å². The molecule has 19 heavy (non-hydrogen) atoms. The number of carbonyl (C=O) groups excluding carboxylic acids is 1. The van der Waals surface area contributed by atoms with Gasteiger partial charge >= 0.3 is 0 Å². The minimum Gasteiger partial charge on any atom is -0.490 e. The maximum atomic E-state index is 11.5. The molecule has 0 aliphatic heterocycles. The second kappa shape index (κ2) is 5.93. The van der Waals surface area contributed by atoms with Crippen molar-refractivity contribution in [1.82, 2.24) is 10.2 Å². The number of amides is 1. The number of nitrogens with one attached hydrogen (secondary N) is 1. The van der Waals surface area contributed by atoms with Gasteiger partial charge in [-0.05, 0) is 38.1 Å². The molecular weight excluding hydrogens is 242 g/mol. The number of carbonyl (C=O) groups is 1. The van der Waals surface area contributed by atoms with Gasteiger partial charge in [-0.25, -0.2) is 0 Å². The van der Waals surface area contributed by atoms with Gasteiger partial charge < -0.3 is 20.7 Å². The molecule has 1 saturated carbocycles. The number of nitrogens with zero attached hydrogens (tertiary/aromatic N) is 1. The van der Waals surface area contributed by atoms with Gasteiger partial charge in [-0.1, -0.05) is 0 Å². The van der Waals surface area contributed by atoms with Crippen LogP contribution in [0, 0.1) is 0 Å². The van der Waals surface area contributed by atoms with E-state index in [0.29, 0.717) is 23.6 Å². The van der Waals surface area contributed by atoms with Gasteiger partial charge in [-0.3, -0.25) is 4.79 Å². The van der Waals surface area contributed by atoms with Crippen LogP contribution in [-0.4, -0.2) is 44.1 Å². The van der Waals surface area contributed by atoms with Crippen molar-refractivity contribution < 1.29 is 9.53 Å². The van der Waals surface area contributed by atoms with E-state index in [1.54, 1.807) is 25.2 Å². The molecule has 1 aliphatic carbocycles. The van der Waals surface area contributed by atoms with Crippen molar-refractivity contribution in [1.29, 1.82) is 0 Å². The third-order valence-electron chi connectivity index (χ3n) is 3.37. The van der Waals surface area contributed by atoms with E-state index >= 15 is 0 Å². The highest BCUT2D eigenvalue weighted by atomic mass is 16.5. The minimum absolute atomic E-state index is 0.139. The van der Waals surface area contributed by atoms with Crippen molar-refractivity contribution in [3.8, 4) is 5.75 Å². The number of hydrogen-bond acceptors (Lipinski definition) is 4. The van der Waals surface area contributed by atoms with Crippen LogP contribution in [-0.2, 0) is 0 Å². The lowest BCUT2D eigenvalue weighted by atomic mass is 10.2. The van der Waals surface area contributed by atoms with Gasteiger partial charge in [-0.2, -0.15) is 0 Å². The Morgan fingerprint density at radius 1 is 1.53 bits per heavy atom. The molecule has 1 amide bonds. The molecular formula is C14H21N3O2. The lowest BCUT2D eigenvalue weighted by molar-refractivity contribution is 0.0962. The summed E-state index contributed by atoms with van der Waals surface area (Å²) in [6, 6.07) is 5.80. The van der Waals surface area contributed by atoms with Gasteiger partial charge in [0.25, 0.3) is 5.91 Å². The van der Waals surface area contributed by atoms with Crippen molar-refractivity contribution in [3.05, 3.63) is 23.8 Å². The number of ether oxygens (including phenoxy) is 1. The Morgan fingerprint density at radius 3 is 2.89 bits per heavy atom. The molecule has 5 heteroatoms. The molecule has 2 rings (SSSR count). The van der Waals surface area contributed by atoms with E-state index in [9.17, 15) is 4.79 Å². The topological polar surface area (TPSA) is 67.6 Å². The zero-order valence-corrected chi connectivity index (χ0v) is 11.5. The second-order valence-corrected chi connectivity index (χ2v) is 4.89. The summed E-state index contributed by atoms with van der Waals surface area (Å²) < 4.78 is 5.67. The zero-order valence-electron chi connectivity index (χ0n) is 11.5. The highest BCUT2D eigenvalue weighted by Crippen LogP contribution is 2.26.